The molecule has 0 heterocycles. The number of ether oxygens (including phenoxy) is 1. The molecule has 1 rings (SSSR count). The van der Waals surface area contributed by atoms with Crippen LogP contribution >= 0.6 is 0 Å². The van der Waals surface area contributed by atoms with Crippen LogP contribution in [-0.4, -0.2) is 12.6 Å². The molecule has 96 valence electrons. The third kappa shape index (κ3) is 6.20. The van der Waals surface area contributed by atoms with Gasteiger partial charge in [-0.2, -0.15) is 0 Å². The molecule has 0 spiro atoms. The highest BCUT2D eigenvalue weighted by Crippen LogP contribution is 2.20. The third-order valence-electron chi connectivity index (χ3n) is 2.43. The second-order valence-electron chi connectivity index (χ2n) is 5.93. The molecule has 2 heteroatoms. The summed E-state index contributed by atoms with van der Waals surface area (Å²) in [6.45, 7) is 11.9. The van der Waals surface area contributed by atoms with Crippen LogP contribution < -0.4 is 10.1 Å². The molecule has 0 aliphatic rings. The summed E-state index contributed by atoms with van der Waals surface area (Å²) in [5.41, 5.74) is 1.54. The van der Waals surface area contributed by atoms with E-state index in [1.165, 1.54) is 0 Å². The summed E-state index contributed by atoms with van der Waals surface area (Å²) in [7, 11) is 0. The topological polar surface area (TPSA) is 21.3 Å². The molecule has 1 aromatic carbocycles. The maximum absolute atomic E-state index is 5.60. The fraction of sp³-hybridized carbons (Fsp3) is 0.600. The van der Waals surface area contributed by atoms with Crippen molar-refractivity contribution in [3.8, 4) is 5.75 Å². The van der Waals surface area contributed by atoms with Crippen LogP contribution in [0.2, 0.25) is 0 Å². The van der Waals surface area contributed by atoms with Crippen molar-refractivity contribution >= 4 is 5.69 Å². The molecule has 0 saturated heterocycles. The number of anilines is 1. The van der Waals surface area contributed by atoms with E-state index in [0.717, 1.165) is 24.4 Å². The predicted octanol–water partition coefficient (Wildman–Crippen LogP) is 4.32. The Morgan fingerprint density at radius 1 is 1.12 bits per heavy atom. The monoisotopic (exact) mass is 235 g/mol. The van der Waals surface area contributed by atoms with Crippen LogP contribution in [0.15, 0.2) is 24.3 Å². The molecule has 1 aromatic rings. The maximum Gasteiger partial charge on any atom is 0.119 e. The van der Waals surface area contributed by atoms with Gasteiger partial charge in [0.1, 0.15) is 5.75 Å². The largest absolute Gasteiger partial charge is 0.491 e. The average Bonchev–Trinajstić information content (AvgIpc) is 2.18. The van der Waals surface area contributed by atoms with Gasteiger partial charge in [0.05, 0.1) is 6.10 Å². The minimum Gasteiger partial charge on any atom is -0.491 e. The van der Waals surface area contributed by atoms with E-state index >= 15 is 0 Å². The SMILES string of the molecule is CC(C)Oc1ccc(NCCC(C)(C)C)cc1. The normalized spacial score (nSPS) is 11.6. The van der Waals surface area contributed by atoms with E-state index in [1.54, 1.807) is 0 Å². The Bertz CT molecular complexity index is 322. The van der Waals surface area contributed by atoms with E-state index in [2.05, 4.69) is 38.2 Å². The molecule has 0 aromatic heterocycles. The van der Waals surface area contributed by atoms with Gasteiger partial charge in [-0.1, -0.05) is 20.8 Å². The van der Waals surface area contributed by atoms with E-state index in [9.17, 15) is 0 Å². The zero-order valence-electron chi connectivity index (χ0n) is 11.7. The first kappa shape index (κ1) is 13.9. The highest BCUT2D eigenvalue weighted by atomic mass is 16.5. The Kier molecular flexibility index (Phi) is 4.86. The molecule has 0 amide bonds. The predicted molar refractivity (Wildman–Crippen MR) is 74.8 cm³/mol. The van der Waals surface area contributed by atoms with Crippen LogP contribution in [0, 0.1) is 5.41 Å². The van der Waals surface area contributed by atoms with Gasteiger partial charge in [-0.05, 0) is 49.9 Å². The summed E-state index contributed by atoms with van der Waals surface area (Å²) >= 11 is 0. The van der Waals surface area contributed by atoms with Gasteiger partial charge in [-0.15, -0.1) is 0 Å². The molecule has 0 aliphatic heterocycles. The quantitative estimate of drug-likeness (QED) is 0.820. The van der Waals surface area contributed by atoms with Crippen molar-refractivity contribution in [2.45, 2.75) is 47.1 Å². The Labute approximate surface area is 105 Å². The first-order chi connectivity index (χ1) is 7.87. The molecule has 0 bridgehead atoms. The smallest absolute Gasteiger partial charge is 0.119 e. The van der Waals surface area contributed by atoms with Crippen LogP contribution in [0.25, 0.3) is 0 Å². The van der Waals surface area contributed by atoms with Crippen molar-refractivity contribution in [1.82, 2.24) is 0 Å². The molecular weight excluding hydrogens is 210 g/mol. The molecule has 0 aliphatic carbocycles. The van der Waals surface area contributed by atoms with Crippen molar-refractivity contribution < 1.29 is 4.74 Å². The van der Waals surface area contributed by atoms with Gasteiger partial charge in [0.15, 0.2) is 0 Å². The first-order valence-electron chi connectivity index (χ1n) is 6.37. The van der Waals surface area contributed by atoms with Crippen molar-refractivity contribution in [1.29, 1.82) is 0 Å². The minimum absolute atomic E-state index is 0.231. The van der Waals surface area contributed by atoms with E-state index in [1.807, 2.05) is 26.0 Å². The molecule has 2 nitrogen and oxygen atoms in total. The van der Waals surface area contributed by atoms with Crippen molar-refractivity contribution in [3.05, 3.63) is 24.3 Å². The molecule has 0 atom stereocenters. The van der Waals surface area contributed by atoms with Gasteiger partial charge < -0.3 is 10.1 Å². The number of hydrogen-bond donors (Lipinski definition) is 1. The van der Waals surface area contributed by atoms with Crippen LogP contribution in [0.1, 0.15) is 41.0 Å². The van der Waals surface area contributed by atoms with E-state index in [4.69, 9.17) is 4.74 Å². The molecular formula is C15H25NO. The summed E-state index contributed by atoms with van der Waals surface area (Å²) < 4.78 is 5.60. The molecule has 17 heavy (non-hydrogen) atoms. The van der Waals surface area contributed by atoms with Crippen LogP contribution in [0.5, 0.6) is 5.75 Å². The molecule has 0 saturated carbocycles. The van der Waals surface area contributed by atoms with E-state index in [-0.39, 0.29) is 6.10 Å². The van der Waals surface area contributed by atoms with Crippen molar-refractivity contribution in [2.75, 3.05) is 11.9 Å². The summed E-state index contributed by atoms with van der Waals surface area (Å²) in [5.74, 6) is 0.932. The number of nitrogens with one attached hydrogen (secondary N) is 1. The summed E-state index contributed by atoms with van der Waals surface area (Å²) in [5, 5.41) is 3.43. The Morgan fingerprint density at radius 3 is 2.18 bits per heavy atom. The fourth-order valence-corrected chi connectivity index (χ4v) is 1.51. The standard InChI is InChI=1S/C15H25NO/c1-12(2)17-14-8-6-13(7-9-14)16-11-10-15(3,4)5/h6-9,12,16H,10-11H2,1-5H3. The lowest BCUT2D eigenvalue weighted by atomic mass is 9.92. The Hall–Kier alpha value is -1.18. The minimum atomic E-state index is 0.231. The molecule has 0 unspecified atom stereocenters. The lowest BCUT2D eigenvalue weighted by molar-refractivity contribution is 0.242. The fourth-order valence-electron chi connectivity index (χ4n) is 1.51. The Morgan fingerprint density at radius 2 is 1.71 bits per heavy atom. The van der Waals surface area contributed by atoms with Gasteiger partial charge in [-0.3, -0.25) is 0 Å². The van der Waals surface area contributed by atoms with E-state index < -0.39 is 0 Å². The second-order valence-corrected chi connectivity index (χ2v) is 5.93. The Balaban J connectivity index is 2.40. The van der Waals surface area contributed by atoms with Crippen LogP contribution in [-0.2, 0) is 0 Å². The number of benzene rings is 1. The maximum atomic E-state index is 5.60. The van der Waals surface area contributed by atoms with Gasteiger partial charge >= 0.3 is 0 Å². The summed E-state index contributed by atoms with van der Waals surface area (Å²) in [6, 6.07) is 8.17. The van der Waals surface area contributed by atoms with Gasteiger partial charge in [0.2, 0.25) is 0 Å². The zero-order chi connectivity index (χ0) is 12.9. The lowest BCUT2D eigenvalue weighted by Crippen LogP contribution is -2.12. The summed E-state index contributed by atoms with van der Waals surface area (Å²) in [6.07, 6.45) is 1.40. The first-order valence-corrected chi connectivity index (χ1v) is 6.37. The third-order valence-corrected chi connectivity index (χ3v) is 2.43. The van der Waals surface area contributed by atoms with Gasteiger partial charge in [-0.25, -0.2) is 0 Å². The summed E-state index contributed by atoms with van der Waals surface area (Å²) in [4.78, 5) is 0. The lowest BCUT2D eigenvalue weighted by Gasteiger charge is -2.18. The average molecular weight is 235 g/mol. The van der Waals surface area contributed by atoms with Crippen LogP contribution in [0.4, 0.5) is 5.69 Å². The molecule has 0 radical (unpaired) electrons. The number of rotatable bonds is 5. The highest BCUT2D eigenvalue weighted by Gasteiger charge is 2.08. The zero-order valence-corrected chi connectivity index (χ0v) is 11.7. The molecule has 1 N–H and O–H groups in total. The molecule has 0 fully saturated rings. The van der Waals surface area contributed by atoms with Gasteiger partial charge in [0.25, 0.3) is 0 Å². The van der Waals surface area contributed by atoms with Gasteiger partial charge in [0, 0.05) is 12.2 Å². The van der Waals surface area contributed by atoms with Crippen molar-refractivity contribution in [2.24, 2.45) is 5.41 Å². The number of hydrogen-bond acceptors (Lipinski definition) is 2. The van der Waals surface area contributed by atoms with Crippen LogP contribution in [0.3, 0.4) is 0 Å². The van der Waals surface area contributed by atoms with E-state index in [0.29, 0.717) is 5.41 Å². The van der Waals surface area contributed by atoms with Crippen molar-refractivity contribution in [3.63, 3.8) is 0 Å². The second kappa shape index (κ2) is 5.95. The highest BCUT2D eigenvalue weighted by molar-refractivity contribution is 5.46.